The summed E-state index contributed by atoms with van der Waals surface area (Å²) in [6, 6.07) is 13.0. The first kappa shape index (κ1) is 19.9. The Morgan fingerprint density at radius 1 is 1.12 bits per heavy atom. The SMILES string of the molecule is CCN(CC)S(=O)(=O)c1ccc(O[C@H](C)c2ccccc2)c([N+](=O)[O-])c1. The zero-order valence-corrected chi connectivity index (χ0v) is 15.8. The summed E-state index contributed by atoms with van der Waals surface area (Å²) in [7, 11) is -3.78. The van der Waals surface area contributed by atoms with Crippen molar-refractivity contribution in [2.24, 2.45) is 0 Å². The predicted octanol–water partition coefficient (Wildman–Crippen LogP) is 3.77. The number of nitro benzene ring substituents is 1. The molecule has 0 amide bonds. The summed E-state index contributed by atoms with van der Waals surface area (Å²) < 4.78 is 32.1. The Hall–Kier alpha value is -2.45. The number of nitrogens with zero attached hydrogens (tertiary/aromatic N) is 2. The minimum absolute atomic E-state index is 0.0323. The Balaban J connectivity index is 2.40. The molecular formula is C18H22N2O5S. The van der Waals surface area contributed by atoms with Crippen LogP contribution in [0, 0.1) is 10.1 Å². The predicted molar refractivity (Wildman–Crippen MR) is 98.7 cm³/mol. The van der Waals surface area contributed by atoms with E-state index in [9.17, 15) is 18.5 Å². The number of benzene rings is 2. The number of hydrogen-bond donors (Lipinski definition) is 0. The number of nitro groups is 1. The van der Waals surface area contributed by atoms with Crippen LogP contribution in [0.15, 0.2) is 53.4 Å². The van der Waals surface area contributed by atoms with Crippen LogP contribution in [-0.4, -0.2) is 30.7 Å². The third-order valence-electron chi connectivity index (χ3n) is 4.04. The van der Waals surface area contributed by atoms with E-state index >= 15 is 0 Å². The first-order chi connectivity index (χ1) is 12.3. The first-order valence-corrected chi connectivity index (χ1v) is 9.75. The van der Waals surface area contributed by atoms with Gasteiger partial charge in [-0.1, -0.05) is 44.2 Å². The van der Waals surface area contributed by atoms with Crippen molar-refractivity contribution in [3.63, 3.8) is 0 Å². The van der Waals surface area contributed by atoms with E-state index in [4.69, 9.17) is 4.74 Å². The average molecular weight is 378 g/mol. The van der Waals surface area contributed by atoms with Crippen molar-refractivity contribution in [1.29, 1.82) is 0 Å². The summed E-state index contributed by atoms with van der Waals surface area (Å²) in [5.74, 6) is 0.0323. The quantitative estimate of drug-likeness (QED) is 0.515. The fourth-order valence-electron chi connectivity index (χ4n) is 2.60. The van der Waals surface area contributed by atoms with Crippen LogP contribution < -0.4 is 4.74 Å². The van der Waals surface area contributed by atoms with Crippen LogP contribution in [-0.2, 0) is 10.0 Å². The molecule has 0 spiro atoms. The molecule has 0 fully saturated rings. The molecule has 2 rings (SSSR count). The molecule has 140 valence electrons. The topological polar surface area (TPSA) is 89.8 Å². The Morgan fingerprint density at radius 2 is 1.73 bits per heavy atom. The second kappa shape index (κ2) is 8.29. The van der Waals surface area contributed by atoms with Crippen molar-refractivity contribution in [3.8, 4) is 5.75 Å². The molecule has 0 N–H and O–H groups in total. The lowest BCUT2D eigenvalue weighted by atomic mass is 10.1. The maximum atomic E-state index is 12.6. The normalized spacial score (nSPS) is 12.8. The van der Waals surface area contributed by atoms with E-state index in [-0.39, 0.29) is 29.4 Å². The van der Waals surface area contributed by atoms with Gasteiger partial charge in [0.25, 0.3) is 0 Å². The first-order valence-electron chi connectivity index (χ1n) is 8.31. The molecule has 8 heteroatoms. The van der Waals surface area contributed by atoms with Crippen LogP contribution in [0.3, 0.4) is 0 Å². The van der Waals surface area contributed by atoms with Crippen LogP contribution in [0.25, 0.3) is 0 Å². The van der Waals surface area contributed by atoms with Crippen molar-refractivity contribution in [3.05, 3.63) is 64.2 Å². The van der Waals surface area contributed by atoms with Gasteiger partial charge < -0.3 is 4.74 Å². The minimum atomic E-state index is -3.78. The van der Waals surface area contributed by atoms with E-state index in [2.05, 4.69) is 0 Å². The molecule has 0 saturated heterocycles. The summed E-state index contributed by atoms with van der Waals surface area (Å²) in [4.78, 5) is 10.7. The Morgan fingerprint density at radius 3 is 2.27 bits per heavy atom. The van der Waals surface area contributed by atoms with E-state index in [0.29, 0.717) is 0 Å². The molecule has 0 heterocycles. The van der Waals surface area contributed by atoms with Gasteiger partial charge in [0.05, 0.1) is 9.82 Å². The summed E-state index contributed by atoms with van der Waals surface area (Å²) >= 11 is 0. The van der Waals surface area contributed by atoms with Crippen LogP contribution in [0.2, 0.25) is 0 Å². The average Bonchev–Trinajstić information content (AvgIpc) is 2.63. The monoisotopic (exact) mass is 378 g/mol. The molecule has 2 aromatic rings. The maximum Gasteiger partial charge on any atom is 0.312 e. The van der Waals surface area contributed by atoms with E-state index < -0.39 is 21.1 Å². The van der Waals surface area contributed by atoms with E-state index in [1.807, 2.05) is 30.3 Å². The molecule has 0 bridgehead atoms. The molecule has 0 saturated carbocycles. The number of hydrogen-bond acceptors (Lipinski definition) is 5. The van der Waals surface area contributed by atoms with E-state index in [0.717, 1.165) is 11.6 Å². The van der Waals surface area contributed by atoms with Crippen molar-refractivity contribution in [2.45, 2.75) is 31.8 Å². The van der Waals surface area contributed by atoms with Crippen LogP contribution in [0.5, 0.6) is 5.75 Å². The highest BCUT2D eigenvalue weighted by Crippen LogP contribution is 2.33. The molecule has 2 aromatic carbocycles. The van der Waals surface area contributed by atoms with Crippen LogP contribution in [0.1, 0.15) is 32.4 Å². The summed E-state index contributed by atoms with van der Waals surface area (Å²) in [5.41, 5.74) is 0.489. The van der Waals surface area contributed by atoms with Gasteiger partial charge in [-0.15, -0.1) is 0 Å². The van der Waals surface area contributed by atoms with Gasteiger partial charge in [-0.05, 0) is 24.6 Å². The Kier molecular flexibility index (Phi) is 6.33. The lowest BCUT2D eigenvalue weighted by molar-refractivity contribution is -0.386. The molecule has 0 unspecified atom stereocenters. The second-order valence-corrected chi connectivity index (χ2v) is 7.58. The van der Waals surface area contributed by atoms with E-state index in [1.54, 1.807) is 20.8 Å². The van der Waals surface area contributed by atoms with Crippen LogP contribution in [0.4, 0.5) is 5.69 Å². The molecule has 7 nitrogen and oxygen atoms in total. The lowest BCUT2D eigenvalue weighted by Gasteiger charge is -2.19. The van der Waals surface area contributed by atoms with Gasteiger partial charge in [0.2, 0.25) is 10.0 Å². The highest BCUT2D eigenvalue weighted by Gasteiger charge is 2.27. The molecule has 0 aromatic heterocycles. The lowest BCUT2D eigenvalue weighted by Crippen LogP contribution is -2.30. The summed E-state index contributed by atoms with van der Waals surface area (Å²) in [5, 5.41) is 11.4. The molecule has 0 aliphatic heterocycles. The van der Waals surface area contributed by atoms with Gasteiger partial charge in [0.15, 0.2) is 5.75 Å². The molecule has 1 atom stereocenters. The van der Waals surface area contributed by atoms with Gasteiger partial charge in [0.1, 0.15) is 6.10 Å². The summed E-state index contributed by atoms with van der Waals surface area (Å²) in [6.45, 7) is 5.79. The van der Waals surface area contributed by atoms with Gasteiger partial charge in [0, 0.05) is 19.2 Å². The van der Waals surface area contributed by atoms with Gasteiger partial charge in [-0.3, -0.25) is 10.1 Å². The largest absolute Gasteiger partial charge is 0.479 e. The standard InChI is InChI=1S/C18H22N2O5S/c1-4-19(5-2)26(23,24)16-11-12-18(17(13-16)20(21)22)25-14(3)15-9-7-6-8-10-15/h6-14H,4-5H2,1-3H3/t14-/m1/s1. The van der Waals surface area contributed by atoms with Crippen molar-refractivity contribution >= 4 is 15.7 Å². The second-order valence-electron chi connectivity index (χ2n) is 5.65. The molecule has 0 radical (unpaired) electrons. The fourth-order valence-corrected chi connectivity index (χ4v) is 4.07. The van der Waals surface area contributed by atoms with Gasteiger partial charge in [-0.25, -0.2) is 8.42 Å². The minimum Gasteiger partial charge on any atom is -0.479 e. The Bertz CT molecular complexity index is 864. The molecular weight excluding hydrogens is 356 g/mol. The molecule has 26 heavy (non-hydrogen) atoms. The zero-order valence-electron chi connectivity index (χ0n) is 15.0. The third kappa shape index (κ3) is 4.20. The van der Waals surface area contributed by atoms with Crippen molar-refractivity contribution < 1.29 is 18.1 Å². The molecule has 0 aliphatic carbocycles. The Labute approximate surface area is 153 Å². The number of rotatable bonds is 8. The van der Waals surface area contributed by atoms with Crippen molar-refractivity contribution in [1.82, 2.24) is 4.31 Å². The zero-order chi connectivity index (χ0) is 19.3. The van der Waals surface area contributed by atoms with Gasteiger partial charge in [-0.2, -0.15) is 4.31 Å². The smallest absolute Gasteiger partial charge is 0.312 e. The van der Waals surface area contributed by atoms with Crippen LogP contribution >= 0.6 is 0 Å². The maximum absolute atomic E-state index is 12.6. The fraction of sp³-hybridized carbons (Fsp3) is 0.333. The number of sulfonamides is 1. The summed E-state index contributed by atoms with van der Waals surface area (Å²) in [6.07, 6.45) is -0.417. The number of ether oxygens (including phenoxy) is 1. The molecule has 0 aliphatic rings. The van der Waals surface area contributed by atoms with Gasteiger partial charge >= 0.3 is 5.69 Å². The highest BCUT2D eigenvalue weighted by atomic mass is 32.2. The van der Waals surface area contributed by atoms with E-state index in [1.165, 1.54) is 16.4 Å². The third-order valence-corrected chi connectivity index (χ3v) is 6.09. The van der Waals surface area contributed by atoms with Crippen molar-refractivity contribution in [2.75, 3.05) is 13.1 Å². The highest BCUT2D eigenvalue weighted by molar-refractivity contribution is 7.89.